The molecule has 2 aromatic rings. The Morgan fingerprint density at radius 1 is 1.47 bits per heavy atom. The Kier molecular flexibility index (Phi) is 3.68. The molecule has 0 radical (unpaired) electrons. The predicted molar refractivity (Wildman–Crippen MR) is 71.1 cm³/mol. The zero-order valence-corrected chi connectivity index (χ0v) is 11.1. The summed E-state index contributed by atoms with van der Waals surface area (Å²) >= 11 is 3.41. The van der Waals surface area contributed by atoms with Crippen molar-refractivity contribution in [1.29, 1.82) is 0 Å². The standard InChI is InChI=1S/C12H14BrN3O/c1-2-5-16-8-10(7-15-16)17-12-4-3-9(14)6-11(12)13/h3-4,6-8H,2,5,14H2,1H3. The van der Waals surface area contributed by atoms with Crippen molar-refractivity contribution < 1.29 is 4.74 Å². The van der Waals surface area contributed by atoms with Crippen LogP contribution in [0.3, 0.4) is 0 Å². The van der Waals surface area contributed by atoms with Crippen molar-refractivity contribution >= 4 is 21.6 Å². The summed E-state index contributed by atoms with van der Waals surface area (Å²) in [5.74, 6) is 1.46. The molecule has 4 nitrogen and oxygen atoms in total. The van der Waals surface area contributed by atoms with Crippen LogP contribution in [0.4, 0.5) is 5.69 Å². The van der Waals surface area contributed by atoms with Gasteiger partial charge >= 0.3 is 0 Å². The first-order chi connectivity index (χ1) is 8.19. The van der Waals surface area contributed by atoms with Gasteiger partial charge in [0, 0.05) is 12.2 Å². The molecule has 1 heterocycles. The van der Waals surface area contributed by atoms with E-state index in [2.05, 4.69) is 28.0 Å². The second kappa shape index (κ2) is 5.23. The summed E-state index contributed by atoms with van der Waals surface area (Å²) in [7, 11) is 0. The number of halogens is 1. The summed E-state index contributed by atoms with van der Waals surface area (Å²) in [6.45, 7) is 3.00. The van der Waals surface area contributed by atoms with Crippen LogP contribution in [0.25, 0.3) is 0 Å². The minimum atomic E-state index is 0.700. The summed E-state index contributed by atoms with van der Waals surface area (Å²) in [5.41, 5.74) is 6.36. The molecule has 0 fully saturated rings. The molecule has 0 aliphatic heterocycles. The van der Waals surface area contributed by atoms with E-state index in [-0.39, 0.29) is 0 Å². The van der Waals surface area contributed by atoms with Gasteiger partial charge in [0.05, 0.1) is 16.9 Å². The number of ether oxygens (including phenoxy) is 1. The summed E-state index contributed by atoms with van der Waals surface area (Å²) in [6, 6.07) is 5.44. The quantitative estimate of drug-likeness (QED) is 0.879. The molecule has 0 saturated heterocycles. The maximum Gasteiger partial charge on any atom is 0.165 e. The van der Waals surface area contributed by atoms with E-state index in [1.807, 2.05) is 23.0 Å². The van der Waals surface area contributed by atoms with Crippen molar-refractivity contribution in [1.82, 2.24) is 9.78 Å². The fraction of sp³-hybridized carbons (Fsp3) is 0.250. The first-order valence-electron chi connectivity index (χ1n) is 5.44. The third-order valence-corrected chi connectivity index (χ3v) is 2.87. The van der Waals surface area contributed by atoms with Gasteiger partial charge in [0.15, 0.2) is 5.75 Å². The lowest BCUT2D eigenvalue weighted by atomic mass is 10.3. The molecule has 0 aliphatic rings. The number of rotatable bonds is 4. The third-order valence-electron chi connectivity index (χ3n) is 2.25. The Hall–Kier alpha value is -1.49. The number of aromatic nitrogens is 2. The van der Waals surface area contributed by atoms with Crippen LogP contribution in [0.1, 0.15) is 13.3 Å². The zero-order valence-electron chi connectivity index (χ0n) is 9.56. The number of anilines is 1. The Morgan fingerprint density at radius 2 is 2.29 bits per heavy atom. The monoisotopic (exact) mass is 295 g/mol. The average Bonchev–Trinajstić information content (AvgIpc) is 2.71. The van der Waals surface area contributed by atoms with Gasteiger partial charge in [0.25, 0.3) is 0 Å². The van der Waals surface area contributed by atoms with Crippen LogP contribution < -0.4 is 10.5 Å². The van der Waals surface area contributed by atoms with Crippen molar-refractivity contribution in [2.45, 2.75) is 19.9 Å². The Morgan fingerprint density at radius 3 is 3.00 bits per heavy atom. The molecular formula is C12H14BrN3O. The highest BCUT2D eigenvalue weighted by molar-refractivity contribution is 9.10. The number of nitrogen functional groups attached to an aromatic ring is 1. The van der Waals surface area contributed by atoms with E-state index in [0.29, 0.717) is 5.69 Å². The zero-order chi connectivity index (χ0) is 12.3. The third kappa shape index (κ3) is 3.00. The highest BCUT2D eigenvalue weighted by atomic mass is 79.9. The molecule has 1 aromatic heterocycles. The number of hydrogen-bond donors (Lipinski definition) is 1. The minimum absolute atomic E-state index is 0.700. The molecule has 5 heteroatoms. The molecule has 0 bridgehead atoms. The van der Waals surface area contributed by atoms with Crippen LogP contribution in [0, 0.1) is 0 Å². The molecule has 0 unspecified atom stereocenters. The Balaban J connectivity index is 2.13. The van der Waals surface area contributed by atoms with Gasteiger partial charge in [-0.1, -0.05) is 6.92 Å². The number of aryl methyl sites for hydroxylation is 1. The molecule has 0 saturated carbocycles. The number of nitrogens with zero attached hydrogens (tertiary/aromatic N) is 2. The van der Waals surface area contributed by atoms with Crippen LogP contribution >= 0.6 is 15.9 Å². The van der Waals surface area contributed by atoms with Gasteiger partial charge in [-0.25, -0.2) is 0 Å². The lowest BCUT2D eigenvalue weighted by Gasteiger charge is -2.05. The summed E-state index contributed by atoms with van der Waals surface area (Å²) in [5, 5.41) is 4.20. The smallest absolute Gasteiger partial charge is 0.165 e. The van der Waals surface area contributed by atoms with Gasteiger partial charge in [-0.05, 0) is 40.5 Å². The molecule has 2 N–H and O–H groups in total. The first kappa shape index (κ1) is 12.0. The summed E-state index contributed by atoms with van der Waals surface area (Å²) in [4.78, 5) is 0. The molecular weight excluding hydrogens is 282 g/mol. The van der Waals surface area contributed by atoms with Crippen molar-refractivity contribution in [2.75, 3.05) is 5.73 Å². The Bertz CT molecular complexity index is 510. The largest absolute Gasteiger partial charge is 0.453 e. The highest BCUT2D eigenvalue weighted by Crippen LogP contribution is 2.30. The predicted octanol–water partition coefficient (Wildman–Crippen LogP) is 3.43. The van der Waals surface area contributed by atoms with E-state index in [0.717, 1.165) is 28.9 Å². The van der Waals surface area contributed by atoms with Crippen LogP contribution in [-0.4, -0.2) is 9.78 Å². The SMILES string of the molecule is CCCn1cc(Oc2ccc(N)cc2Br)cn1. The normalized spacial score (nSPS) is 10.5. The van der Waals surface area contributed by atoms with E-state index in [4.69, 9.17) is 10.5 Å². The Labute approximate surface area is 109 Å². The molecule has 2 rings (SSSR count). The second-order valence-corrected chi connectivity index (χ2v) is 4.59. The maximum absolute atomic E-state index is 5.71. The van der Waals surface area contributed by atoms with Gasteiger partial charge < -0.3 is 10.5 Å². The molecule has 17 heavy (non-hydrogen) atoms. The van der Waals surface area contributed by atoms with E-state index in [1.165, 1.54) is 0 Å². The fourth-order valence-corrected chi connectivity index (χ4v) is 1.95. The molecule has 0 spiro atoms. The van der Waals surface area contributed by atoms with E-state index in [1.54, 1.807) is 12.3 Å². The number of benzene rings is 1. The van der Waals surface area contributed by atoms with Crippen molar-refractivity contribution in [3.63, 3.8) is 0 Å². The maximum atomic E-state index is 5.71. The minimum Gasteiger partial charge on any atom is -0.453 e. The highest BCUT2D eigenvalue weighted by Gasteiger charge is 2.05. The van der Waals surface area contributed by atoms with Gasteiger partial charge in [-0.3, -0.25) is 4.68 Å². The first-order valence-corrected chi connectivity index (χ1v) is 6.23. The molecule has 90 valence electrons. The van der Waals surface area contributed by atoms with Crippen LogP contribution in [0.15, 0.2) is 35.1 Å². The van der Waals surface area contributed by atoms with Crippen LogP contribution in [0.2, 0.25) is 0 Å². The molecule has 0 amide bonds. The number of hydrogen-bond acceptors (Lipinski definition) is 3. The van der Waals surface area contributed by atoms with E-state index >= 15 is 0 Å². The lowest BCUT2D eigenvalue weighted by Crippen LogP contribution is -1.95. The summed E-state index contributed by atoms with van der Waals surface area (Å²) in [6.07, 6.45) is 4.64. The fourth-order valence-electron chi connectivity index (χ4n) is 1.48. The van der Waals surface area contributed by atoms with Crippen LogP contribution in [0.5, 0.6) is 11.5 Å². The van der Waals surface area contributed by atoms with Gasteiger partial charge in [-0.2, -0.15) is 5.10 Å². The average molecular weight is 296 g/mol. The lowest BCUT2D eigenvalue weighted by molar-refractivity contribution is 0.477. The molecule has 0 atom stereocenters. The van der Waals surface area contributed by atoms with Crippen molar-refractivity contribution in [2.24, 2.45) is 0 Å². The topological polar surface area (TPSA) is 53.1 Å². The summed E-state index contributed by atoms with van der Waals surface area (Å²) < 4.78 is 8.40. The van der Waals surface area contributed by atoms with Gasteiger partial charge in [0.2, 0.25) is 0 Å². The van der Waals surface area contributed by atoms with Crippen molar-refractivity contribution in [3.8, 4) is 11.5 Å². The second-order valence-electron chi connectivity index (χ2n) is 3.73. The van der Waals surface area contributed by atoms with Gasteiger partial charge in [-0.15, -0.1) is 0 Å². The van der Waals surface area contributed by atoms with E-state index < -0.39 is 0 Å². The van der Waals surface area contributed by atoms with Crippen molar-refractivity contribution in [3.05, 3.63) is 35.1 Å². The van der Waals surface area contributed by atoms with Crippen LogP contribution in [-0.2, 0) is 6.54 Å². The molecule has 1 aromatic carbocycles. The van der Waals surface area contributed by atoms with E-state index in [9.17, 15) is 0 Å². The number of nitrogens with two attached hydrogens (primary N) is 1. The van der Waals surface area contributed by atoms with Gasteiger partial charge in [0.1, 0.15) is 5.75 Å². The molecule has 0 aliphatic carbocycles.